The number of ether oxygens (including phenoxy) is 1. The van der Waals surface area contributed by atoms with Gasteiger partial charge in [-0.2, -0.15) is 0 Å². The molecule has 0 fully saturated rings. The number of aliphatic hydroxyl groups is 1. The maximum absolute atomic E-state index is 12.0. The molecule has 0 spiro atoms. The summed E-state index contributed by atoms with van der Waals surface area (Å²) < 4.78 is 5.46. The van der Waals surface area contributed by atoms with Crippen LogP contribution in [0.5, 0.6) is 11.5 Å². The number of carbonyl (C=O) groups excluding carboxylic acids is 1. The number of nitrogens with one attached hydrogen (secondary N) is 1. The summed E-state index contributed by atoms with van der Waals surface area (Å²) in [5.41, 5.74) is 0.937. The number of aromatic hydroxyl groups is 1. The van der Waals surface area contributed by atoms with Gasteiger partial charge in [0.25, 0.3) is 0 Å². The average molecular weight is 513 g/mol. The van der Waals surface area contributed by atoms with Gasteiger partial charge in [-0.15, -0.1) is 0 Å². The molecule has 2 aromatic rings. The Morgan fingerprint density at radius 2 is 1.62 bits per heavy atom. The first-order valence-electron chi connectivity index (χ1n) is 13.3. The first-order valence-corrected chi connectivity index (χ1v) is 13.3. The van der Waals surface area contributed by atoms with Gasteiger partial charge in [0, 0.05) is 18.2 Å². The normalized spacial score (nSPS) is 11.9. The lowest BCUT2D eigenvalue weighted by molar-refractivity contribution is -0.385. The second-order valence-electron chi connectivity index (χ2n) is 9.23. The molecule has 0 aliphatic carbocycles. The molecule has 37 heavy (non-hydrogen) atoms. The third-order valence-corrected chi connectivity index (χ3v) is 6.06. The molecule has 8 nitrogen and oxygen atoms in total. The minimum atomic E-state index is -1.21. The van der Waals surface area contributed by atoms with Crippen LogP contribution < -0.4 is 10.1 Å². The largest absolute Gasteiger partial charge is 0.502 e. The lowest BCUT2D eigenvalue weighted by Crippen LogP contribution is -2.13. The molecule has 1 atom stereocenters. The number of rotatable bonds is 18. The number of nitrogens with zero attached hydrogens (tertiary/aromatic N) is 1. The van der Waals surface area contributed by atoms with E-state index in [0.29, 0.717) is 5.75 Å². The number of hydrogen-bond donors (Lipinski definition) is 3. The van der Waals surface area contributed by atoms with Crippen molar-refractivity contribution in [3.8, 4) is 11.5 Å². The smallest absolute Gasteiger partial charge is 0.312 e. The van der Waals surface area contributed by atoms with E-state index in [1.807, 2.05) is 24.3 Å². The number of aliphatic hydroxyl groups excluding tert-OH is 1. The first-order chi connectivity index (χ1) is 17.9. The van der Waals surface area contributed by atoms with E-state index in [4.69, 9.17) is 4.74 Å². The van der Waals surface area contributed by atoms with Crippen LogP contribution in [0.25, 0.3) is 0 Å². The Morgan fingerprint density at radius 1 is 1.00 bits per heavy atom. The number of carbonyl (C=O) groups is 1. The first kappa shape index (κ1) is 29.8. The summed E-state index contributed by atoms with van der Waals surface area (Å²) in [7, 11) is 0. The summed E-state index contributed by atoms with van der Waals surface area (Å²) in [5, 5.41) is 32.9. The van der Waals surface area contributed by atoms with Crippen molar-refractivity contribution in [2.24, 2.45) is 0 Å². The highest BCUT2D eigenvalue weighted by molar-refractivity contribution is 5.92. The van der Waals surface area contributed by atoms with Crippen LogP contribution in [-0.2, 0) is 11.2 Å². The molecule has 0 saturated carbocycles. The van der Waals surface area contributed by atoms with E-state index in [2.05, 4.69) is 12.2 Å². The molecule has 1 unspecified atom stereocenters. The molecule has 0 radical (unpaired) electrons. The number of nitro groups is 1. The molecule has 2 rings (SSSR count). The molecule has 3 N–H and O–H groups in total. The van der Waals surface area contributed by atoms with Crippen molar-refractivity contribution in [2.75, 3.05) is 5.32 Å². The molecule has 0 saturated heterocycles. The van der Waals surface area contributed by atoms with Gasteiger partial charge in [0.1, 0.15) is 5.75 Å². The summed E-state index contributed by atoms with van der Waals surface area (Å²) in [4.78, 5) is 22.2. The Kier molecular flexibility index (Phi) is 13.8. The summed E-state index contributed by atoms with van der Waals surface area (Å²) >= 11 is 0. The van der Waals surface area contributed by atoms with Crippen LogP contribution in [0.2, 0.25) is 0 Å². The Morgan fingerprint density at radius 3 is 2.24 bits per heavy atom. The lowest BCUT2D eigenvalue weighted by atomic mass is 10.0. The molecule has 0 aliphatic heterocycles. The summed E-state index contributed by atoms with van der Waals surface area (Å²) in [6, 6.07) is 11.2. The van der Waals surface area contributed by atoms with Gasteiger partial charge in [-0.3, -0.25) is 14.9 Å². The molecular weight excluding hydrogens is 472 g/mol. The molecule has 2 aromatic carbocycles. The molecule has 1 amide bonds. The van der Waals surface area contributed by atoms with Crippen LogP contribution in [0.1, 0.15) is 83.1 Å². The molecule has 0 aromatic heterocycles. The molecule has 0 bridgehead atoms. The van der Waals surface area contributed by atoms with E-state index in [1.54, 1.807) is 0 Å². The van der Waals surface area contributed by atoms with E-state index < -0.39 is 28.6 Å². The number of hydrogen-bond acceptors (Lipinski definition) is 6. The molecule has 202 valence electrons. The number of unbranched alkanes of at least 4 members (excludes halogenated alkanes) is 9. The van der Waals surface area contributed by atoms with E-state index in [-0.39, 0.29) is 12.1 Å². The van der Waals surface area contributed by atoms with Crippen LogP contribution in [0.3, 0.4) is 0 Å². The number of benzene rings is 2. The Bertz CT molecular complexity index is 990. The lowest BCUT2D eigenvalue weighted by Gasteiger charge is -2.10. The van der Waals surface area contributed by atoms with Gasteiger partial charge in [0.2, 0.25) is 12.2 Å². The monoisotopic (exact) mass is 512 g/mol. The third-order valence-electron chi connectivity index (χ3n) is 6.06. The zero-order valence-electron chi connectivity index (χ0n) is 21.7. The predicted molar refractivity (Wildman–Crippen MR) is 146 cm³/mol. The Labute approximate surface area is 219 Å². The van der Waals surface area contributed by atoms with Gasteiger partial charge in [-0.1, -0.05) is 82.9 Å². The quantitative estimate of drug-likeness (QED) is 0.0491. The molecular formula is C29H40N2O6. The number of nitro benzene ring substituents is 1. The highest BCUT2D eigenvalue weighted by Crippen LogP contribution is 2.28. The number of aryl methyl sites for hydroxylation is 1. The molecule has 8 heteroatoms. The van der Waals surface area contributed by atoms with Gasteiger partial charge >= 0.3 is 5.69 Å². The van der Waals surface area contributed by atoms with Crippen molar-refractivity contribution in [3.63, 3.8) is 0 Å². The van der Waals surface area contributed by atoms with Crippen molar-refractivity contribution < 1.29 is 24.7 Å². The summed E-state index contributed by atoms with van der Waals surface area (Å²) in [6.07, 6.45) is 15.7. The fourth-order valence-corrected chi connectivity index (χ4v) is 3.98. The summed E-state index contributed by atoms with van der Waals surface area (Å²) in [6.45, 7) is 2.25. The minimum Gasteiger partial charge on any atom is -0.502 e. The Balaban J connectivity index is 1.62. The van der Waals surface area contributed by atoms with Crippen molar-refractivity contribution in [1.82, 2.24) is 0 Å². The van der Waals surface area contributed by atoms with Crippen LogP contribution in [0, 0.1) is 10.1 Å². The van der Waals surface area contributed by atoms with E-state index >= 15 is 0 Å². The second kappa shape index (κ2) is 17.1. The fraction of sp³-hybridized carbons (Fsp3) is 0.483. The van der Waals surface area contributed by atoms with Gasteiger partial charge in [-0.05, 0) is 48.7 Å². The highest BCUT2D eigenvalue weighted by Gasteiger charge is 2.14. The highest BCUT2D eigenvalue weighted by atomic mass is 16.6. The predicted octanol–water partition coefficient (Wildman–Crippen LogP) is 7.05. The van der Waals surface area contributed by atoms with Crippen molar-refractivity contribution in [1.29, 1.82) is 0 Å². The fourth-order valence-electron chi connectivity index (χ4n) is 3.98. The van der Waals surface area contributed by atoms with E-state index in [1.165, 1.54) is 88.0 Å². The SMILES string of the molecule is CCCCCCCCCCCCc1ccc(OC(O)C=CCC(=O)Nc2ccc(O)c([N+](=O)[O-])c2)cc1. The average Bonchev–Trinajstić information content (AvgIpc) is 2.87. The standard InChI is InChI=1S/C29H40N2O6/c1-2-3-4-5-6-7-8-9-10-11-13-23-16-19-25(20-17-23)37-29(34)15-12-14-28(33)30-24-18-21-27(32)26(22-24)31(35)36/h12,15-22,29,32,34H,2-11,13-14H2,1H3,(H,30,33). The zero-order valence-corrected chi connectivity index (χ0v) is 21.7. The third kappa shape index (κ3) is 12.4. The maximum Gasteiger partial charge on any atom is 0.312 e. The van der Waals surface area contributed by atoms with Crippen LogP contribution >= 0.6 is 0 Å². The number of anilines is 1. The van der Waals surface area contributed by atoms with E-state index in [0.717, 1.165) is 18.6 Å². The van der Waals surface area contributed by atoms with Crippen LogP contribution in [-0.4, -0.2) is 27.3 Å². The Hall–Kier alpha value is -3.39. The van der Waals surface area contributed by atoms with Gasteiger partial charge in [0.05, 0.1) is 4.92 Å². The number of amides is 1. The van der Waals surface area contributed by atoms with E-state index in [9.17, 15) is 25.1 Å². The maximum atomic E-state index is 12.0. The van der Waals surface area contributed by atoms with Crippen molar-refractivity contribution in [3.05, 3.63) is 70.3 Å². The summed E-state index contributed by atoms with van der Waals surface area (Å²) in [5.74, 6) is -0.375. The van der Waals surface area contributed by atoms with Gasteiger partial charge in [0.15, 0.2) is 5.75 Å². The molecule has 0 heterocycles. The van der Waals surface area contributed by atoms with Crippen LogP contribution in [0.4, 0.5) is 11.4 Å². The van der Waals surface area contributed by atoms with Crippen molar-refractivity contribution >= 4 is 17.3 Å². The van der Waals surface area contributed by atoms with Gasteiger partial charge < -0.3 is 20.3 Å². The topological polar surface area (TPSA) is 122 Å². The number of phenolic OH excluding ortho intramolecular Hbond substituents is 1. The van der Waals surface area contributed by atoms with Crippen LogP contribution in [0.15, 0.2) is 54.6 Å². The number of phenols is 1. The van der Waals surface area contributed by atoms with Gasteiger partial charge in [-0.25, -0.2) is 0 Å². The second-order valence-corrected chi connectivity index (χ2v) is 9.23. The van der Waals surface area contributed by atoms with Crippen molar-refractivity contribution in [2.45, 2.75) is 90.3 Å². The molecule has 0 aliphatic rings. The minimum absolute atomic E-state index is 0.0626. The zero-order chi connectivity index (χ0) is 26.9.